The van der Waals surface area contributed by atoms with Crippen LogP contribution in [0.2, 0.25) is 0 Å². The number of likely N-dealkylation sites (N-methyl/N-ethyl adjacent to an activating group) is 1. The lowest BCUT2D eigenvalue weighted by molar-refractivity contribution is 0.0802. The number of piperazine rings is 1. The van der Waals surface area contributed by atoms with Crippen molar-refractivity contribution in [1.29, 1.82) is 0 Å². The van der Waals surface area contributed by atoms with Crippen LogP contribution in [0.25, 0.3) is 0 Å². The van der Waals surface area contributed by atoms with Crippen molar-refractivity contribution in [2.45, 2.75) is 32.7 Å². The molecule has 0 spiro atoms. The molecule has 1 saturated heterocycles. The maximum Gasteiger partial charge on any atom is 0.215 e. The summed E-state index contributed by atoms with van der Waals surface area (Å²) in [5.41, 5.74) is -0.0812. The summed E-state index contributed by atoms with van der Waals surface area (Å²) in [6.07, 6.45) is 1.03. The van der Waals surface area contributed by atoms with Crippen LogP contribution in [0.4, 0.5) is 0 Å². The summed E-state index contributed by atoms with van der Waals surface area (Å²) >= 11 is 0. The topological polar surface area (TPSA) is 52.7 Å². The van der Waals surface area contributed by atoms with Gasteiger partial charge in [-0.2, -0.15) is 4.31 Å². The molecular weight excluding hydrogens is 250 g/mol. The summed E-state index contributed by atoms with van der Waals surface area (Å²) in [5, 5.41) is 3.14. The first-order chi connectivity index (χ1) is 8.29. The molecule has 108 valence electrons. The van der Waals surface area contributed by atoms with Gasteiger partial charge in [-0.1, -0.05) is 6.92 Å². The van der Waals surface area contributed by atoms with Gasteiger partial charge in [0.25, 0.3) is 0 Å². The Morgan fingerprint density at radius 3 is 2.44 bits per heavy atom. The summed E-state index contributed by atoms with van der Waals surface area (Å²) in [7, 11) is -1.07. The van der Waals surface area contributed by atoms with Crippen molar-refractivity contribution in [1.82, 2.24) is 14.5 Å². The molecule has 0 amide bonds. The minimum atomic E-state index is -3.11. The smallest absolute Gasteiger partial charge is 0.215 e. The van der Waals surface area contributed by atoms with E-state index < -0.39 is 10.0 Å². The Labute approximate surface area is 112 Å². The molecule has 0 aromatic rings. The first kappa shape index (κ1) is 15.9. The fourth-order valence-corrected chi connectivity index (χ4v) is 3.60. The van der Waals surface area contributed by atoms with Gasteiger partial charge >= 0.3 is 0 Å². The number of nitrogens with zero attached hydrogens (tertiary/aromatic N) is 2. The fourth-order valence-electron chi connectivity index (χ4n) is 2.06. The molecule has 18 heavy (non-hydrogen) atoms. The zero-order valence-electron chi connectivity index (χ0n) is 12.1. The number of hydrogen-bond acceptors (Lipinski definition) is 4. The Morgan fingerprint density at radius 1 is 1.22 bits per heavy atom. The van der Waals surface area contributed by atoms with Crippen LogP contribution in [0, 0.1) is 0 Å². The van der Waals surface area contributed by atoms with Gasteiger partial charge in [0.2, 0.25) is 10.0 Å². The molecule has 1 N–H and O–H groups in total. The highest BCUT2D eigenvalue weighted by atomic mass is 32.2. The molecule has 0 radical (unpaired) electrons. The highest BCUT2D eigenvalue weighted by molar-refractivity contribution is 7.89. The molecule has 1 rings (SSSR count). The third kappa shape index (κ3) is 4.19. The van der Waals surface area contributed by atoms with Gasteiger partial charge in [0.1, 0.15) is 0 Å². The van der Waals surface area contributed by atoms with Gasteiger partial charge in [-0.15, -0.1) is 0 Å². The number of rotatable bonds is 6. The van der Waals surface area contributed by atoms with Crippen LogP contribution in [0.1, 0.15) is 27.2 Å². The van der Waals surface area contributed by atoms with Crippen molar-refractivity contribution in [2.24, 2.45) is 0 Å². The van der Waals surface area contributed by atoms with E-state index in [1.807, 2.05) is 7.05 Å². The van der Waals surface area contributed by atoms with Crippen LogP contribution in [0.5, 0.6) is 0 Å². The number of sulfonamides is 1. The Hall–Kier alpha value is -0.170. The Balaban J connectivity index is 2.53. The lowest BCUT2D eigenvalue weighted by Crippen LogP contribution is -2.59. The van der Waals surface area contributed by atoms with Gasteiger partial charge in [-0.05, 0) is 33.9 Å². The van der Waals surface area contributed by atoms with Gasteiger partial charge in [0, 0.05) is 31.7 Å². The molecule has 0 bridgehead atoms. The largest absolute Gasteiger partial charge is 0.316 e. The van der Waals surface area contributed by atoms with Crippen molar-refractivity contribution in [3.63, 3.8) is 0 Å². The number of hydrogen-bond donors (Lipinski definition) is 1. The summed E-state index contributed by atoms with van der Waals surface area (Å²) < 4.78 is 26.1. The van der Waals surface area contributed by atoms with Crippen LogP contribution in [0.3, 0.4) is 0 Å². The SMILES string of the molecule is CCCNCCS(=O)(=O)N1CCN(C)C(C)(C)C1. The standard InChI is InChI=1S/C12H27N3O2S/c1-5-6-13-7-10-18(16,17)15-9-8-14(4)12(2,3)11-15/h13H,5-11H2,1-4H3. The molecule has 1 aliphatic rings. The van der Waals surface area contributed by atoms with Crippen LogP contribution < -0.4 is 5.32 Å². The third-order valence-corrected chi connectivity index (χ3v) is 5.46. The molecule has 0 saturated carbocycles. The average molecular weight is 277 g/mol. The molecule has 1 fully saturated rings. The highest BCUT2D eigenvalue weighted by Crippen LogP contribution is 2.21. The van der Waals surface area contributed by atoms with Crippen molar-refractivity contribution in [3.8, 4) is 0 Å². The van der Waals surface area contributed by atoms with Gasteiger partial charge in [-0.25, -0.2) is 8.42 Å². The van der Waals surface area contributed by atoms with Crippen molar-refractivity contribution >= 4 is 10.0 Å². The molecule has 0 aliphatic carbocycles. The zero-order valence-corrected chi connectivity index (χ0v) is 12.9. The fraction of sp³-hybridized carbons (Fsp3) is 1.00. The maximum atomic E-state index is 12.2. The minimum absolute atomic E-state index is 0.0812. The average Bonchev–Trinajstić information content (AvgIpc) is 2.28. The maximum absolute atomic E-state index is 12.2. The van der Waals surface area contributed by atoms with E-state index in [4.69, 9.17) is 0 Å². The first-order valence-electron chi connectivity index (χ1n) is 6.69. The summed E-state index contributed by atoms with van der Waals surface area (Å²) in [6.45, 7) is 9.66. The van der Waals surface area contributed by atoms with Gasteiger partial charge < -0.3 is 5.32 Å². The molecular formula is C12H27N3O2S. The second-order valence-electron chi connectivity index (χ2n) is 5.63. The summed E-state index contributed by atoms with van der Waals surface area (Å²) in [4.78, 5) is 2.22. The van der Waals surface area contributed by atoms with Crippen molar-refractivity contribution in [3.05, 3.63) is 0 Å². The van der Waals surface area contributed by atoms with Gasteiger partial charge in [-0.3, -0.25) is 4.90 Å². The molecule has 5 nitrogen and oxygen atoms in total. The summed E-state index contributed by atoms with van der Waals surface area (Å²) in [5.74, 6) is 0.201. The molecule has 0 aromatic heterocycles. The molecule has 6 heteroatoms. The predicted octanol–water partition coefficient (Wildman–Crippen LogP) is 0.342. The minimum Gasteiger partial charge on any atom is -0.316 e. The lowest BCUT2D eigenvalue weighted by atomic mass is 10.0. The summed E-state index contributed by atoms with van der Waals surface area (Å²) in [6, 6.07) is 0. The van der Waals surface area contributed by atoms with E-state index in [-0.39, 0.29) is 11.3 Å². The van der Waals surface area contributed by atoms with E-state index in [0.717, 1.165) is 19.5 Å². The van der Waals surface area contributed by atoms with E-state index in [1.54, 1.807) is 4.31 Å². The Kier molecular flexibility index (Phi) is 5.58. The molecule has 1 heterocycles. The van der Waals surface area contributed by atoms with Crippen molar-refractivity contribution < 1.29 is 8.42 Å². The quantitative estimate of drug-likeness (QED) is 0.712. The zero-order chi connectivity index (χ0) is 13.8. The van der Waals surface area contributed by atoms with Crippen molar-refractivity contribution in [2.75, 3.05) is 45.5 Å². The van der Waals surface area contributed by atoms with Crippen LogP contribution in [0.15, 0.2) is 0 Å². The van der Waals surface area contributed by atoms with E-state index >= 15 is 0 Å². The second-order valence-corrected chi connectivity index (χ2v) is 7.72. The monoisotopic (exact) mass is 277 g/mol. The molecule has 0 atom stereocenters. The lowest BCUT2D eigenvalue weighted by Gasteiger charge is -2.44. The predicted molar refractivity (Wildman–Crippen MR) is 75.2 cm³/mol. The van der Waals surface area contributed by atoms with E-state index in [2.05, 4.69) is 31.0 Å². The first-order valence-corrected chi connectivity index (χ1v) is 8.30. The van der Waals surface area contributed by atoms with Crippen LogP contribution in [-0.2, 0) is 10.0 Å². The van der Waals surface area contributed by atoms with E-state index in [0.29, 0.717) is 19.6 Å². The Morgan fingerprint density at radius 2 is 1.89 bits per heavy atom. The second kappa shape index (κ2) is 6.32. The molecule has 0 unspecified atom stereocenters. The van der Waals surface area contributed by atoms with Crippen LogP contribution in [-0.4, -0.2) is 68.7 Å². The Bertz CT molecular complexity index is 354. The van der Waals surface area contributed by atoms with Gasteiger partial charge in [0.05, 0.1) is 5.75 Å². The molecule has 1 aliphatic heterocycles. The normalized spacial score (nSPS) is 22.2. The highest BCUT2D eigenvalue weighted by Gasteiger charge is 2.36. The van der Waals surface area contributed by atoms with E-state index in [9.17, 15) is 8.42 Å². The van der Waals surface area contributed by atoms with Gasteiger partial charge in [0.15, 0.2) is 0 Å². The molecule has 0 aromatic carbocycles. The number of nitrogens with one attached hydrogen (secondary N) is 1. The van der Waals surface area contributed by atoms with Crippen LogP contribution >= 0.6 is 0 Å². The third-order valence-electron chi connectivity index (χ3n) is 3.64. The van der Waals surface area contributed by atoms with E-state index in [1.165, 1.54) is 0 Å².